The Bertz CT molecular complexity index is 536. The van der Waals surface area contributed by atoms with E-state index in [1.807, 2.05) is 0 Å². The summed E-state index contributed by atoms with van der Waals surface area (Å²) < 4.78 is 14.1. The zero-order valence-electron chi connectivity index (χ0n) is 9.72. The van der Waals surface area contributed by atoms with Gasteiger partial charge < -0.3 is 15.1 Å². The van der Waals surface area contributed by atoms with E-state index in [0.29, 0.717) is 4.47 Å². The molecule has 102 valence electrons. The summed E-state index contributed by atoms with van der Waals surface area (Å²) in [6.07, 6.45) is -0.947. The van der Waals surface area contributed by atoms with Gasteiger partial charge in [0.05, 0.1) is 11.7 Å². The number of aliphatic hydroxyl groups is 1. The first-order valence-corrected chi connectivity index (χ1v) is 6.36. The number of likely N-dealkylation sites (tertiary alicyclic amines) is 1. The average Bonchev–Trinajstić information content (AvgIpc) is 2.74. The Morgan fingerprint density at radius 3 is 2.74 bits per heavy atom. The van der Waals surface area contributed by atoms with Gasteiger partial charge in [-0.05, 0) is 18.2 Å². The van der Waals surface area contributed by atoms with E-state index in [4.69, 9.17) is 5.11 Å². The molecule has 1 amide bonds. The van der Waals surface area contributed by atoms with Crippen molar-refractivity contribution in [3.8, 4) is 0 Å². The van der Waals surface area contributed by atoms with Gasteiger partial charge >= 0.3 is 5.97 Å². The monoisotopic (exact) mass is 331 g/mol. The van der Waals surface area contributed by atoms with Gasteiger partial charge in [0.25, 0.3) is 5.91 Å². The summed E-state index contributed by atoms with van der Waals surface area (Å²) in [6.45, 7) is -0.109. The van der Waals surface area contributed by atoms with Gasteiger partial charge in [0.15, 0.2) is 0 Å². The first-order valence-electron chi connectivity index (χ1n) is 5.57. The number of amides is 1. The van der Waals surface area contributed by atoms with Crippen LogP contribution in [0, 0.1) is 5.82 Å². The van der Waals surface area contributed by atoms with Crippen LogP contribution < -0.4 is 0 Å². The number of rotatable bonds is 2. The fraction of sp³-hybridized carbons (Fsp3) is 0.333. The highest BCUT2D eigenvalue weighted by Crippen LogP contribution is 2.23. The summed E-state index contributed by atoms with van der Waals surface area (Å²) in [5.41, 5.74) is -0.213. The Hall–Kier alpha value is -1.47. The maximum Gasteiger partial charge on any atom is 0.326 e. The van der Waals surface area contributed by atoms with Crippen molar-refractivity contribution in [1.29, 1.82) is 0 Å². The zero-order valence-corrected chi connectivity index (χ0v) is 11.3. The van der Waals surface area contributed by atoms with E-state index < -0.39 is 29.8 Å². The summed E-state index contributed by atoms with van der Waals surface area (Å²) in [5.74, 6) is -2.67. The number of nitrogens with zero attached hydrogens (tertiary/aromatic N) is 1. The highest BCUT2D eigenvalue weighted by Gasteiger charge is 2.39. The molecular weight excluding hydrogens is 321 g/mol. The van der Waals surface area contributed by atoms with E-state index in [2.05, 4.69) is 15.9 Å². The number of carboxylic acid groups (broad SMARTS) is 1. The summed E-state index contributed by atoms with van der Waals surface area (Å²) in [6, 6.07) is 2.74. The van der Waals surface area contributed by atoms with E-state index in [-0.39, 0.29) is 18.5 Å². The van der Waals surface area contributed by atoms with Crippen molar-refractivity contribution in [2.24, 2.45) is 0 Å². The van der Waals surface area contributed by atoms with Crippen molar-refractivity contribution in [1.82, 2.24) is 4.90 Å². The van der Waals surface area contributed by atoms with Gasteiger partial charge in [0.2, 0.25) is 0 Å². The van der Waals surface area contributed by atoms with Crippen LogP contribution in [-0.2, 0) is 4.79 Å². The number of aliphatic carboxylic acids is 1. The van der Waals surface area contributed by atoms with Gasteiger partial charge in [-0.3, -0.25) is 4.79 Å². The number of hydrogen-bond donors (Lipinski definition) is 2. The number of β-amino-alcohol motifs (C(OH)–C–C–N with tert-alkyl or cyclic N) is 1. The fourth-order valence-corrected chi connectivity index (χ4v) is 2.45. The lowest BCUT2D eigenvalue weighted by molar-refractivity contribution is -0.141. The Labute approximate surface area is 116 Å². The normalized spacial score (nSPS) is 22.6. The predicted molar refractivity (Wildman–Crippen MR) is 67.2 cm³/mol. The number of halogens is 2. The molecule has 0 saturated carbocycles. The van der Waals surface area contributed by atoms with Crippen LogP contribution in [0.2, 0.25) is 0 Å². The third-order valence-electron chi connectivity index (χ3n) is 2.98. The Kier molecular flexibility index (Phi) is 3.86. The van der Waals surface area contributed by atoms with Crippen LogP contribution in [0.4, 0.5) is 4.39 Å². The lowest BCUT2D eigenvalue weighted by atomic mass is 10.1. The summed E-state index contributed by atoms with van der Waals surface area (Å²) in [4.78, 5) is 24.2. The number of aliphatic hydroxyl groups excluding tert-OH is 1. The van der Waals surface area contributed by atoms with Crippen LogP contribution in [0.5, 0.6) is 0 Å². The first-order chi connectivity index (χ1) is 8.90. The molecule has 1 heterocycles. The molecular formula is C12H11BrFNO4. The van der Waals surface area contributed by atoms with Crippen LogP contribution in [-0.4, -0.2) is 45.7 Å². The predicted octanol–water partition coefficient (Wildman–Crippen LogP) is 1.25. The lowest BCUT2D eigenvalue weighted by Gasteiger charge is -2.21. The molecule has 1 fully saturated rings. The first kappa shape index (κ1) is 14.0. The number of carbonyl (C=O) groups excluding carboxylic acids is 1. The Morgan fingerprint density at radius 2 is 2.11 bits per heavy atom. The number of benzene rings is 1. The van der Waals surface area contributed by atoms with Crippen molar-refractivity contribution in [3.05, 3.63) is 34.1 Å². The van der Waals surface area contributed by atoms with E-state index in [1.54, 1.807) is 0 Å². The molecule has 0 bridgehead atoms. The molecule has 19 heavy (non-hydrogen) atoms. The molecule has 2 atom stereocenters. The highest BCUT2D eigenvalue weighted by molar-refractivity contribution is 9.10. The second-order valence-electron chi connectivity index (χ2n) is 4.33. The highest BCUT2D eigenvalue weighted by atomic mass is 79.9. The molecule has 0 radical (unpaired) electrons. The third-order valence-corrected chi connectivity index (χ3v) is 3.48. The van der Waals surface area contributed by atoms with Crippen molar-refractivity contribution in [2.45, 2.75) is 18.6 Å². The van der Waals surface area contributed by atoms with Gasteiger partial charge in [-0.1, -0.05) is 15.9 Å². The largest absolute Gasteiger partial charge is 0.480 e. The topological polar surface area (TPSA) is 77.8 Å². The van der Waals surface area contributed by atoms with Gasteiger partial charge in [0, 0.05) is 17.4 Å². The summed E-state index contributed by atoms with van der Waals surface area (Å²) in [5, 5.41) is 18.5. The smallest absolute Gasteiger partial charge is 0.326 e. The second-order valence-corrected chi connectivity index (χ2v) is 5.24. The molecule has 0 unspecified atom stereocenters. The molecule has 1 aromatic rings. The lowest BCUT2D eigenvalue weighted by Crippen LogP contribution is -2.40. The zero-order chi connectivity index (χ0) is 14.2. The van der Waals surface area contributed by atoms with Gasteiger partial charge in [-0.25, -0.2) is 9.18 Å². The minimum absolute atomic E-state index is 0.0449. The molecule has 1 aliphatic rings. The minimum Gasteiger partial charge on any atom is -0.480 e. The number of carboxylic acids is 1. The fourth-order valence-electron chi connectivity index (χ4n) is 2.09. The van der Waals surface area contributed by atoms with Gasteiger partial charge in [-0.15, -0.1) is 0 Å². The number of hydrogen-bond acceptors (Lipinski definition) is 3. The second kappa shape index (κ2) is 5.26. The standard InChI is InChI=1S/C12H11BrFNO4/c13-6-1-2-9(14)8(3-6)11(17)15-5-7(16)4-10(15)12(18)19/h1-3,7,10,16H,4-5H2,(H,18,19)/t7-,10+/m1/s1. The molecule has 7 heteroatoms. The SMILES string of the molecule is O=C(O)[C@@H]1C[C@@H](O)CN1C(=O)c1cc(Br)ccc1F. The van der Waals surface area contributed by atoms with Crippen LogP contribution in [0.3, 0.4) is 0 Å². The maximum atomic E-state index is 13.6. The Morgan fingerprint density at radius 1 is 1.42 bits per heavy atom. The molecule has 2 N–H and O–H groups in total. The van der Waals surface area contributed by atoms with Crippen molar-refractivity contribution >= 4 is 27.8 Å². The minimum atomic E-state index is -1.21. The third kappa shape index (κ3) is 2.76. The molecule has 0 aliphatic carbocycles. The van der Waals surface area contributed by atoms with E-state index in [1.165, 1.54) is 12.1 Å². The van der Waals surface area contributed by atoms with Crippen LogP contribution in [0.25, 0.3) is 0 Å². The van der Waals surface area contributed by atoms with E-state index in [0.717, 1.165) is 11.0 Å². The quantitative estimate of drug-likeness (QED) is 0.854. The van der Waals surface area contributed by atoms with Crippen LogP contribution in [0.15, 0.2) is 22.7 Å². The van der Waals surface area contributed by atoms with E-state index >= 15 is 0 Å². The molecule has 2 rings (SSSR count). The van der Waals surface area contributed by atoms with E-state index in [9.17, 15) is 19.1 Å². The van der Waals surface area contributed by atoms with Crippen molar-refractivity contribution in [3.63, 3.8) is 0 Å². The average molecular weight is 332 g/mol. The number of carbonyl (C=O) groups is 2. The maximum absolute atomic E-state index is 13.6. The molecule has 5 nitrogen and oxygen atoms in total. The summed E-state index contributed by atoms with van der Waals surface area (Å²) in [7, 11) is 0. The van der Waals surface area contributed by atoms with Gasteiger partial charge in [-0.2, -0.15) is 0 Å². The molecule has 1 saturated heterocycles. The van der Waals surface area contributed by atoms with Crippen LogP contribution in [0.1, 0.15) is 16.8 Å². The molecule has 1 aliphatic heterocycles. The van der Waals surface area contributed by atoms with Crippen molar-refractivity contribution in [2.75, 3.05) is 6.54 Å². The molecule has 1 aromatic carbocycles. The molecule has 0 spiro atoms. The van der Waals surface area contributed by atoms with Crippen LogP contribution >= 0.6 is 15.9 Å². The Balaban J connectivity index is 2.33. The van der Waals surface area contributed by atoms with Crippen molar-refractivity contribution < 1.29 is 24.2 Å². The van der Waals surface area contributed by atoms with Gasteiger partial charge in [0.1, 0.15) is 11.9 Å². The molecule has 0 aromatic heterocycles. The summed E-state index contributed by atoms with van der Waals surface area (Å²) >= 11 is 3.13.